The molecule has 0 aliphatic heterocycles. The molecule has 0 saturated heterocycles. The van der Waals surface area contributed by atoms with Gasteiger partial charge in [-0.1, -0.05) is 12.1 Å². The van der Waals surface area contributed by atoms with E-state index in [2.05, 4.69) is 9.97 Å². The maximum absolute atomic E-state index is 5.82. The van der Waals surface area contributed by atoms with E-state index in [1.165, 1.54) is 0 Å². The van der Waals surface area contributed by atoms with Crippen LogP contribution in [0.1, 0.15) is 6.92 Å². The average molecular weight is 270 g/mol. The Kier molecular flexibility index (Phi) is 3.12. The van der Waals surface area contributed by atoms with Gasteiger partial charge in [0.1, 0.15) is 5.82 Å². The molecule has 20 heavy (non-hydrogen) atoms. The molecule has 2 aromatic heterocycles. The van der Waals surface area contributed by atoms with Crippen molar-refractivity contribution in [3.8, 4) is 17.4 Å². The van der Waals surface area contributed by atoms with E-state index in [-0.39, 0.29) is 0 Å². The molecule has 102 valence electrons. The molecule has 0 amide bonds. The van der Waals surface area contributed by atoms with Crippen LogP contribution in [0.25, 0.3) is 5.65 Å². The first kappa shape index (κ1) is 12.3. The molecule has 3 rings (SSSR count). The minimum atomic E-state index is 0.349. The third-order valence-electron chi connectivity index (χ3n) is 2.72. The van der Waals surface area contributed by atoms with E-state index in [4.69, 9.17) is 15.2 Å². The van der Waals surface area contributed by atoms with Crippen molar-refractivity contribution in [3.63, 3.8) is 0 Å². The van der Waals surface area contributed by atoms with E-state index in [0.717, 1.165) is 0 Å². The second-order valence-corrected chi connectivity index (χ2v) is 4.11. The van der Waals surface area contributed by atoms with E-state index in [0.29, 0.717) is 35.5 Å². The summed E-state index contributed by atoms with van der Waals surface area (Å²) in [6, 6.07) is 7.41. The van der Waals surface area contributed by atoms with Gasteiger partial charge in [-0.3, -0.25) is 4.40 Å². The summed E-state index contributed by atoms with van der Waals surface area (Å²) < 4.78 is 13.1. The number of rotatable bonds is 4. The number of benzene rings is 1. The average Bonchev–Trinajstić information content (AvgIpc) is 2.89. The molecule has 0 spiro atoms. The summed E-state index contributed by atoms with van der Waals surface area (Å²) in [6.45, 7) is 2.48. The normalized spacial score (nSPS) is 10.7. The van der Waals surface area contributed by atoms with E-state index >= 15 is 0 Å². The fourth-order valence-corrected chi connectivity index (χ4v) is 1.90. The van der Waals surface area contributed by atoms with Gasteiger partial charge in [0.25, 0.3) is 5.88 Å². The molecule has 0 bridgehead atoms. The van der Waals surface area contributed by atoms with E-state index in [1.807, 2.05) is 31.2 Å². The first-order chi connectivity index (χ1) is 9.78. The molecule has 0 aliphatic carbocycles. The number of aromatic nitrogens is 3. The van der Waals surface area contributed by atoms with Crippen molar-refractivity contribution >= 4 is 11.5 Å². The maximum Gasteiger partial charge on any atom is 0.265 e. The third-order valence-corrected chi connectivity index (χ3v) is 2.72. The number of para-hydroxylation sites is 2. The number of fused-ring (bicyclic) bond motifs is 1. The molecule has 1 aromatic carbocycles. The van der Waals surface area contributed by atoms with Crippen molar-refractivity contribution in [1.29, 1.82) is 0 Å². The van der Waals surface area contributed by atoms with Gasteiger partial charge in [-0.2, -0.15) is 4.98 Å². The Morgan fingerprint density at radius 3 is 2.85 bits per heavy atom. The van der Waals surface area contributed by atoms with Crippen LogP contribution in [0, 0.1) is 0 Å². The SMILES string of the molecule is CCOc1ccccc1Oc1nc(N)cn2ccnc12. The monoisotopic (exact) mass is 270 g/mol. The highest BCUT2D eigenvalue weighted by molar-refractivity contribution is 5.55. The number of hydrogen-bond donors (Lipinski definition) is 1. The second kappa shape index (κ2) is 5.08. The lowest BCUT2D eigenvalue weighted by Crippen LogP contribution is -2.00. The van der Waals surface area contributed by atoms with Gasteiger partial charge in [0, 0.05) is 12.4 Å². The van der Waals surface area contributed by atoms with Crippen LogP contribution in [0.4, 0.5) is 5.82 Å². The molecule has 0 unspecified atom stereocenters. The van der Waals surface area contributed by atoms with Gasteiger partial charge in [-0.15, -0.1) is 0 Å². The van der Waals surface area contributed by atoms with Gasteiger partial charge in [-0.25, -0.2) is 4.98 Å². The zero-order chi connectivity index (χ0) is 13.9. The number of nitrogens with zero attached hydrogens (tertiary/aromatic N) is 3. The largest absolute Gasteiger partial charge is 0.490 e. The zero-order valence-corrected chi connectivity index (χ0v) is 11.0. The molecular weight excluding hydrogens is 256 g/mol. The zero-order valence-electron chi connectivity index (χ0n) is 11.0. The fourth-order valence-electron chi connectivity index (χ4n) is 1.90. The lowest BCUT2D eigenvalue weighted by Gasteiger charge is -2.11. The van der Waals surface area contributed by atoms with Crippen LogP contribution in [0.15, 0.2) is 42.9 Å². The first-order valence-corrected chi connectivity index (χ1v) is 6.27. The second-order valence-electron chi connectivity index (χ2n) is 4.11. The topological polar surface area (TPSA) is 74.7 Å². The summed E-state index contributed by atoms with van der Waals surface area (Å²) in [6.07, 6.45) is 5.14. The predicted octanol–water partition coefficient (Wildman–Crippen LogP) is 2.50. The first-order valence-electron chi connectivity index (χ1n) is 6.27. The van der Waals surface area contributed by atoms with Crippen molar-refractivity contribution in [3.05, 3.63) is 42.9 Å². The van der Waals surface area contributed by atoms with Crippen LogP contribution in [0.5, 0.6) is 17.4 Å². The Bertz CT molecular complexity index is 739. The van der Waals surface area contributed by atoms with Crippen LogP contribution in [-0.2, 0) is 0 Å². The van der Waals surface area contributed by atoms with Gasteiger partial charge >= 0.3 is 0 Å². The number of ether oxygens (including phenoxy) is 2. The number of imidazole rings is 1. The van der Waals surface area contributed by atoms with E-state index in [9.17, 15) is 0 Å². The van der Waals surface area contributed by atoms with Gasteiger partial charge < -0.3 is 15.2 Å². The molecular formula is C14H14N4O2. The molecule has 0 saturated carbocycles. The molecule has 0 atom stereocenters. The Balaban J connectivity index is 2.03. The van der Waals surface area contributed by atoms with Crippen LogP contribution in [0.2, 0.25) is 0 Å². The minimum Gasteiger partial charge on any atom is -0.490 e. The number of hydrogen-bond acceptors (Lipinski definition) is 5. The van der Waals surface area contributed by atoms with Crippen LogP contribution in [0.3, 0.4) is 0 Å². The smallest absolute Gasteiger partial charge is 0.265 e. The lowest BCUT2D eigenvalue weighted by atomic mass is 10.3. The Labute approximate surface area is 115 Å². The van der Waals surface area contributed by atoms with Crippen molar-refractivity contribution in [2.45, 2.75) is 6.92 Å². The maximum atomic E-state index is 5.82. The fraction of sp³-hybridized carbons (Fsp3) is 0.143. The number of anilines is 1. The minimum absolute atomic E-state index is 0.349. The third kappa shape index (κ3) is 2.23. The van der Waals surface area contributed by atoms with Crippen molar-refractivity contribution < 1.29 is 9.47 Å². The van der Waals surface area contributed by atoms with E-state index in [1.54, 1.807) is 23.0 Å². The van der Waals surface area contributed by atoms with Gasteiger partial charge in [-0.05, 0) is 19.1 Å². The molecule has 0 aliphatic rings. The Hall–Kier alpha value is -2.76. The number of nitrogens with two attached hydrogens (primary N) is 1. The van der Waals surface area contributed by atoms with Gasteiger partial charge in [0.2, 0.25) is 5.65 Å². The molecule has 3 aromatic rings. The highest BCUT2D eigenvalue weighted by atomic mass is 16.5. The predicted molar refractivity (Wildman–Crippen MR) is 75.1 cm³/mol. The summed E-state index contributed by atoms with van der Waals surface area (Å²) in [4.78, 5) is 8.40. The highest BCUT2D eigenvalue weighted by Crippen LogP contribution is 2.32. The highest BCUT2D eigenvalue weighted by Gasteiger charge is 2.11. The summed E-state index contributed by atoms with van der Waals surface area (Å²) in [5.74, 6) is 1.95. The summed E-state index contributed by atoms with van der Waals surface area (Å²) in [5.41, 5.74) is 6.37. The van der Waals surface area contributed by atoms with Gasteiger partial charge in [0.05, 0.1) is 12.8 Å². The molecule has 2 heterocycles. The Morgan fingerprint density at radius 1 is 1.25 bits per heavy atom. The van der Waals surface area contributed by atoms with Crippen molar-refractivity contribution in [1.82, 2.24) is 14.4 Å². The van der Waals surface area contributed by atoms with E-state index < -0.39 is 0 Å². The standard InChI is InChI=1S/C14H14N4O2/c1-2-19-10-5-3-4-6-11(10)20-14-13-16-7-8-18(13)9-12(15)17-14/h3-9H,2,15H2,1H3. The van der Waals surface area contributed by atoms with Crippen LogP contribution in [-0.4, -0.2) is 21.0 Å². The molecule has 0 fully saturated rings. The summed E-state index contributed by atoms with van der Waals surface area (Å²) >= 11 is 0. The molecule has 0 radical (unpaired) electrons. The molecule has 6 heteroatoms. The Morgan fingerprint density at radius 2 is 2.05 bits per heavy atom. The van der Waals surface area contributed by atoms with Crippen molar-refractivity contribution in [2.24, 2.45) is 0 Å². The van der Waals surface area contributed by atoms with Crippen LogP contribution < -0.4 is 15.2 Å². The quantitative estimate of drug-likeness (QED) is 0.788. The summed E-state index contributed by atoms with van der Waals surface area (Å²) in [7, 11) is 0. The number of nitrogen functional groups attached to an aromatic ring is 1. The molecule has 2 N–H and O–H groups in total. The van der Waals surface area contributed by atoms with Gasteiger partial charge in [0.15, 0.2) is 11.5 Å². The van der Waals surface area contributed by atoms with Crippen molar-refractivity contribution in [2.75, 3.05) is 12.3 Å². The summed E-state index contributed by atoms with van der Waals surface area (Å²) in [5, 5.41) is 0. The lowest BCUT2D eigenvalue weighted by molar-refractivity contribution is 0.320. The van der Waals surface area contributed by atoms with Crippen LogP contribution >= 0.6 is 0 Å². The molecule has 6 nitrogen and oxygen atoms in total.